The number of carbonyl (C=O) groups excluding carboxylic acids is 5. The van der Waals surface area contributed by atoms with Crippen LogP contribution in [-0.4, -0.2) is 65.8 Å². The smallest absolute Gasteiger partial charge is 0.408 e. The van der Waals surface area contributed by atoms with Crippen LogP contribution in [0.1, 0.15) is 80.6 Å². The first kappa shape index (κ1) is 32.3. The molecule has 0 spiro atoms. The number of nitrogens with zero attached hydrogens (tertiary/aromatic N) is 1. The molecule has 0 radical (unpaired) electrons. The van der Waals surface area contributed by atoms with Crippen molar-refractivity contribution in [3.05, 3.63) is 23.9 Å². The van der Waals surface area contributed by atoms with E-state index in [1.807, 2.05) is 60.6 Å². The molecule has 1 unspecified atom stereocenters. The van der Waals surface area contributed by atoms with Crippen molar-refractivity contribution in [2.24, 2.45) is 29.1 Å². The lowest BCUT2D eigenvalue weighted by atomic mass is 9.84. The van der Waals surface area contributed by atoms with Crippen molar-refractivity contribution in [1.29, 1.82) is 0 Å². The summed E-state index contributed by atoms with van der Waals surface area (Å²) in [7, 11) is 1.35. The van der Waals surface area contributed by atoms with Gasteiger partial charge in [0.1, 0.15) is 17.7 Å². The highest BCUT2D eigenvalue weighted by Crippen LogP contribution is 2.37. The van der Waals surface area contributed by atoms with Gasteiger partial charge in [-0.2, -0.15) is 0 Å². The largest absolute Gasteiger partial charge is 0.443 e. The number of amides is 4. The number of ketones is 1. The summed E-state index contributed by atoms with van der Waals surface area (Å²) in [5.41, 5.74) is -1.37. The van der Waals surface area contributed by atoms with Crippen molar-refractivity contribution >= 4 is 29.6 Å². The molecular formula is C31H48N4O6. The number of ether oxygens (including phenoxy) is 1. The number of carbonyl (C=O) groups is 5. The van der Waals surface area contributed by atoms with Crippen molar-refractivity contribution in [2.45, 2.75) is 98.3 Å². The van der Waals surface area contributed by atoms with Gasteiger partial charge in [0.2, 0.25) is 11.8 Å². The first-order valence-corrected chi connectivity index (χ1v) is 14.9. The van der Waals surface area contributed by atoms with Crippen molar-refractivity contribution in [3.8, 4) is 0 Å². The average Bonchev–Trinajstić information content (AvgIpc) is 3.63. The molecule has 0 aromatic rings. The number of rotatable bonds is 9. The van der Waals surface area contributed by atoms with Gasteiger partial charge in [-0.15, -0.1) is 0 Å². The van der Waals surface area contributed by atoms with Gasteiger partial charge >= 0.3 is 6.09 Å². The lowest BCUT2D eigenvalue weighted by Crippen LogP contribution is -2.59. The zero-order chi connectivity index (χ0) is 30.7. The van der Waals surface area contributed by atoms with E-state index in [0.29, 0.717) is 6.54 Å². The van der Waals surface area contributed by atoms with Crippen LogP contribution in [0.2, 0.25) is 0 Å². The Morgan fingerprint density at radius 1 is 1.05 bits per heavy atom. The second-order valence-electron chi connectivity index (χ2n) is 13.5. The van der Waals surface area contributed by atoms with E-state index in [0.717, 1.165) is 32.1 Å². The molecule has 1 heterocycles. The molecule has 0 bridgehead atoms. The van der Waals surface area contributed by atoms with Crippen LogP contribution in [0, 0.1) is 29.1 Å². The number of hydrogen-bond acceptors (Lipinski definition) is 6. The van der Waals surface area contributed by atoms with Crippen LogP contribution < -0.4 is 16.0 Å². The molecule has 10 nitrogen and oxygen atoms in total. The predicted molar refractivity (Wildman–Crippen MR) is 155 cm³/mol. The van der Waals surface area contributed by atoms with E-state index in [1.54, 1.807) is 0 Å². The van der Waals surface area contributed by atoms with Crippen LogP contribution in [0.5, 0.6) is 0 Å². The number of likely N-dealkylation sites (tertiary alicyclic amines) is 1. The van der Waals surface area contributed by atoms with E-state index in [1.165, 1.54) is 18.0 Å². The zero-order valence-electron chi connectivity index (χ0n) is 25.8. The van der Waals surface area contributed by atoms with Gasteiger partial charge in [0.05, 0.1) is 5.70 Å². The molecule has 3 N–H and O–H groups in total. The Balaban J connectivity index is 1.87. The molecule has 2 aliphatic carbocycles. The molecule has 1 saturated carbocycles. The molecule has 0 aromatic heterocycles. The molecule has 2 fully saturated rings. The van der Waals surface area contributed by atoms with Crippen LogP contribution in [-0.2, 0) is 23.9 Å². The van der Waals surface area contributed by atoms with Gasteiger partial charge in [-0.1, -0.05) is 60.1 Å². The highest BCUT2D eigenvalue weighted by Gasteiger charge is 2.50. The Bertz CT molecular complexity index is 1090. The minimum atomic E-state index is -0.950. The van der Waals surface area contributed by atoms with Gasteiger partial charge in [0.15, 0.2) is 0 Å². The van der Waals surface area contributed by atoms with Crippen LogP contribution in [0.15, 0.2) is 23.9 Å². The van der Waals surface area contributed by atoms with E-state index >= 15 is 0 Å². The third-order valence-electron chi connectivity index (χ3n) is 8.66. The van der Waals surface area contributed by atoms with Crippen LogP contribution in [0.3, 0.4) is 0 Å². The quantitative estimate of drug-likeness (QED) is 0.220. The van der Waals surface area contributed by atoms with Gasteiger partial charge in [-0.05, 0) is 61.9 Å². The summed E-state index contributed by atoms with van der Waals surface area (Å²) in [6, 6.07) is -1.85. The standard InChI is InChI=1S/C31H48N4O6/c1-18(2)21-17-35(23(19(21)3)26(37)33-22(16-20-12-13-20)24(36)27(38)32-8)28(39)25(30(4,5)6)34-29(40)41-31(7)14-10-9-11-15-31/h12-13,16,18-21,23,25H,9-11,14-15,17H2,1-8H3,(H,32,38)(H,33,37)(H,34,40)/b22-16+/t19-,21?,23-,25+/m0/s1. The number of alkyl carbamates (subject to hydrolysis) is 1. The van der Waals surface area contributed by atoms with Gasteiger partial charge in [0, 0.05) is 19.5 Å². The van der Waals surface area contributed by atoms with Gasteiger partial charge in [-0.3, -0.25) is 19.2 Å². The molecule has 10 heteroatoms. The van der Waals surface area contributed by atoms with Crippen LogP contribution >= 0.6 is 0 Å². The van der Waals surface area contributed by atoms with Gasteiger partial charge < -0.3 is 25.6 Å². The molecule has 228 valence electrons. The first-order chi connectivity index (χ1) is 19.1. The number of hydrogen-bond donors (Lipinski definition) is 3. The van der Waals surface area contributed by atoms with Crippen molar-refractivity contribution < 1.29 is 28.7 Å². The second kappa shape index (κ2) is 12.8. The maximum absolute atomic E-state index is 14.2. The molecule has 0 aromatic carbocycles. The molecule has 4 amide bonds. The molecule has 3 aliphatic rings. The Kier molecular flexibility index (Phi) is 10.1. The fourth-order valence-corrected chi connectivity index (χ4v) is 6.02. The Morgan fingerprint density at radius 3 is 2.17 bits per heavy atom. The van der Waals surface area contributed by atoms with Crippen molar-refractivity contribution in [1.82, 2.24) is 20.9 Å². The summed E-state index contributed by atoms with van der Waals surface area (Å²) in [6.45, 7) is 13.8. The SMILES string of the molecule is CNC(=O)C(=O)/C(=C\C1C=C1)NC(=O)[C@@H]1[C@@H](C)C(C(C)C)CN1C(=O)[C@@H](NC(=O)OC1(C)CCCCC1)C(C)(C)C. The zero-order valence-corrected chi connectivity index (χ0v) is 25.8. The average molecular weight is 573 g/mol. The molecule has 1 saturated heterocycles. The normalized spacial score (nSPS) is 25.0. The van der Waals surface area contributed by atoms with E-state index < -0.39 is 46.8 Å². The fourth-order valence-electron chi connectivity index (χ4n) is 6.02. The summed E-state index contributed by atoms with van der Waals surface area (Å²) in [6.07, 6.45) is 9.18. The van der Waals surface area contributed by atoms with Gasteiger partial charge in [0.25, 0.3) is 11.7 Å². The number of Topliss-reactive ketones (excluding diaryl/α,β-unsaturated/α-hetero) is 1. The molecule has 1 aliphatic heterocycles. The van der Waals surface area contributed by atoms with E-state index in [-0.39, 0.29) is 35.3 Å². The Labute approximate surface area is 244 Å². The Hall–Kier alpha value is -3.17. The molecule has 41 heavy (non-hydrogen) atoms. The van der Waals surface area contributed by atoms with Crippen LogP contribution in [0.25, 0.3) is 0 Å². The summed E-state index contributed by atoms with van der Waals surface area (Å²) in [5.74, 6) is -2.79. The number of likely N-dealkylation sites (N-methyl/N-ethyl adjacent to an activating group) is 1. The third-order valence-corrected chi connectivity index (χ3v) is 8.66. The highest BCUT2D eigenvalue weighted by atomic mass is 16.6. The topological polar surface area (TPSA) is 134 Å². The summed E-state index contributed by atoms with van der Waals surface area (Å²) in [4.78, 5) is 67.5. The minimum Gasteiger partial charge on any atom is -0.443 e. The predicted octanol–water partition coefficient (Wildman–Crippen LogP) is 3.47. The van der Waals surface area contributed by atoms with Crippen LogP contribution in [0.4, 0.5) is 4.79 Å². The molecular weight excluding hydrogens is 524 g/mol. The van der Waals surface area contributed by atoms with Crippen molar-refractivity contribution in [3.63, 3.8) is 0 Å². The maximum atomic E-state index is 14.2. The van der Waals surface area contributed by atoms with Crippen molar-refractivity contribution in [2.75, 3.05) is 13.6 Å². The monoisotopic (exact) mass is 572 g/mol. The molecule has 4 atom stereocenters. The fraction of sp³-hybridized carbons (Fsp3) is 0.710. The lowest BCUT2D eigenvalue weighted by molar-refractivity contribution is -0.143. The second-order valence-corrected chi connectivity index (χ2v) is 13.5. The summed E-state index contributed by atoms with van der Waals surface area (Å²) >= 11 is 0. The lowest BCUT2D eigenvalue weighted by Gasteiger charge is -2.37. The first-order valence-electron chi connectivity index (χ1n) is 14.9. The number of allylic oxidation sites excluding steroid dienone is 3. The van der Waals surface area contributed by atoms with E-state index in [9.17, 15) is 24.0 Å². The van der Waals surface area contributed by atoms with E-state index in [4.69, 9.17) is 4.74 Å². The minimum absolute atomic E-state index is 0.00981. The van der Waals surface area contributed by atoms with E-state index in [2.05, 4.69) is 16.0 Å². The Morgan fingerprint density at radius 2 is 1.66 bits per heavy atom. The highest BCUT2D eigenvalue weighted by molar-refractivity contribution is 6.42. The third kappa shape index (κ3) is 7.98. The summed E-state index contributed by atoms with van der Waals surface area (Å²) < 4.78 is 5.84. The van der Waals surface area contributed by atoms with Gasteiger partial charge in [-0.25, -0.2) is 4.79 Å². The number of nitrogens with one attached hydrogen (secondary N) is 3. The molecule has 3 rings (SSSR count). The maximum Gasteiger partial charge on any atom is 0.408 e. The summed E-state index contributed by atoms with van der Waals surface area (Å²) in [5, 5.41) is 7.80.